The third-order valence-electron chi connectivity index (χ3n) is 2.03. The van der Waals surface area contributed by atoms with E-state index in [-0.39, 0.29) is 0 Å². The fourth-order valence-corrected chi connectivity index (χ4v) is 1.54. The van der Waals surface area contributed by atoms with Crippen molar-refractivity contribution < 1.29 is 9.47 Å². The van der Waals surface area contributed by atoms with Crippen LogP contribution in [0.4, 0.5) is 0 Å². The van der Waals surface area contributed by atoms with Crippen molar-refractivity contribution in [1.29, 1.82) is 0 Å². The molecule has 0 amide bonds. The molecular formula is C13H10BrO2. The van der Waals surface area contributed by atoms with Crippen molar-refractivity contribution in [3.8, 4) is 17.2 Å². The molecule has 1 radical (unpaired) electrons. The lowest BCUT2D eigenvalue weighted by Crippen LogP contribution is -1.89. The molecule has 0 aromatic heterocycles. The summed E-state index contributed by atoms with van der Waals surface area (Å²) in [5, 5.41) is 0. The molecule has 0 saturated carbocycles. The van der Waals surface area contributed by atoms with Crippen LogP contribution in [0.5, 0.6) is 17.2 Å². The summed E-state index contributed by atoms with van der Waals surface area (Å²) in [5.41, 5.74) is 0. The molecule has 2 nitrogen and oxygen atoms in total. The van der Waals surface area contributed by atoms with Gasteiger partial charge in [0.15, 0.2) is 11.5 Å². The van der Waals surface area contributed by atoms with Crippen LogP contribution in [-0.4, -0.2) is 7.11 Å². The summed E-state index contributed by atoms with van der Waals surface area (Å²) in [5.74, 6) is 2.03. The third kappa shape index (κ3) is 2.55. The topological polar surface area (TPSA) is 18.5 Å². The van der Waals surface area contributed by atoms with Crippen LogP contribution in [0.1, 0.15) is 0 Å². The molecule has 0 aliphatic carbocycles. The van der Waals surface area contributed by atoms with Crippen LogP contribution < -0.4 is 9.47 Å². The van der Waals surface area contributed by atoms with Gasteiger partial charge in [0.2, 0.25) is 0 Å². The Bertz CT molecular complexity index is 466. The molecule has 2 rings (SSSR count). The van der Waals surface area contributed by atoms with Gasteiger partial charge in [-0.3, -0.25) is 0 Å². The van der Waals surface area contributed by atoms with Crippen LogP contribution in [-0.2, 0) is 0 Å². The number of ether oxygens (including phenoxy) is 2. The third-order valence-corrected chi connectivity index (χ3v) is 2.56. The minimum Gasteiger partial charge on any atom is -0.492 e. The Morgan fingerprint density at radius 3 is 2.56 bits per heavy atom. The molecule has 0 fully saturated rings. The first-order chi connectivity index (χ1) is 7.79. The van der Waals surface area contributed by atoms with E-state index >= 15 is 0 Å². The summed E-state index contributed by atoms with van der Waals surface area (Å²) in [7, 11) is 1.60. The van der Waals surface area contributed by atoms with E-state index in [0.717, 1.165) is 10.2 Å². The van der Waals surface area contributed by atoms with E-state index in [0.29, 0.717) is 11.5 Å². The predicted molar refractivity (Wildman–Crippen MR) is 66.0 cm³/mol. The molecule has 0 bridgehead atoms. The Kier molecular flexibility index (Phi) is 3.47. The summed E-state index contributed by atoms with van der Waals surface area (Å²) < 4.78 is 11.8. The van der Waals surface area contributed by atoms with Crippen molar-refractivity contribution in [2.45, 2.75) is 0 Å². The quantitative estimate of drug-likeness (QED) is 0.843. The van der Waals surface area contributed by atoms with E-state index in [1.807, 2.05) is 36.4 Å². The van der Waals surface area contributed by atoms with Crippen molar-refractivity contribution in [2.75, 3.05) is 7.11 Å². The first-order valence-electron chi connectivity index (χ1n) is 4.77. The molecular weight excluding hydrogens is 268 g/mol. The minimum absolute atomic E-state index is 0.602. The summed E-state index contributed by atoms with van der Waals surface area (Å²) >= 11 is 3.37. The molecule has 0 aliphatic rings. The van der Waals surface area contributed by atoms with Crippen molar-refractivity contribution in [2.24, 2.45) is 0 Å². The van der Waals surface area contributed by atoms with Crippen LogP contribution in [0.25, 0.3) is 0 Å². The van der Waals surface area contributed by atoms with E-state index in [4.69, 9.17) is 9.47 Å². The Morgan fingerprint density at radius 2 is 1.88 bits per heavy atom. The lowest BCUT2D eigenvalue weighted by molar-refractivity contribution is 0.378. The Morgan fingerprint density at radius 1 is 1.12 bits per heavy atom. The van der Waals surface area contributed by atoms with Gasteiger partial charge in [-0.25, -0.2) is 0 Å². The molecule has 0 N–H and O–H groups in total. The first-order valence-corrected chi connectivity index (χ1v) is 5.57. The molecule has 0 spiro atoms. The molecule has 0 aliphatic heterocycles. The van der Waals surface area contributed by atoms with Crippen LogP contribution in [0.2, 0.25) is 0 Å². The largest absolute Gasteiger partial charge is 0.492 e. The van der Waals surface area contributed by atoms with Gasteiger partial charge in [0.25, 0.3) is 0 Å². The molecule has 2 aromatic rings. The zero-order chi connectivity index (χ0) is 11.4. The highest BCUT2D eigenvalue weighted by Gasteiger charge is 2.03. The number of methoxy groups -OCH3 is 1. The Labute approximate surface area is 103 Å². The monoisotopic (exact) mass is 277 g/mol. The zero-order valence-corrected chi connectivity index (χ0v) is 10.3. The summed E-state index contributed by atoms with van der Waals surface area (Å²) in [6.07, 6.45) is 0. The molecule has 0 atom stereocenters. The van der Waals surface area contributed by atoms with Gasteiger partial charge >= 0.3 is 0 Å². The summed E-state index contributed by atoms with van der Waals surface area (Å²) in [6.45, 7) is 0. The molecule has 0 saturated heterocycles. The smallest absolute Gasteiger partial charge is 0.169 e. The SMILES string of the molecule is COc1[c]cccc1Oc1ccc(Br)cc1. The lowest BCUT2D eigenvalue weighted by atomic mass is 10.3. The zero-order valence-electron chi connectivity index (χ0n) is 8.74. The highest BCUT2D eigenvalue weighted by Crippen LogP contribution is 2.30. The number of hydrogen-bond donors (Lipinski definition) is 0. The van der Waals surface area contributed by atoms with Crippen LogP contribution in [0, 0.1) is 6.07 Å². The number of halogens is 1. The lowest BCUT2D eigenvalue weighted by Gasteiger charge is -2.09. The van der Waals surface area contributed by atoms with Gasteiger partial charge < -0.3 is 9.47 Å². The number of hydrogen-bond acceptors (Lipinski definition) is 2. The van der Waals surface area contributed by atoms with E-state index in [9.17, 15) is 0 Å². The van der Waals surface area contributed by atoms with Gasteiger partial charge in [0.05, 0.1) is 7.11 Å². The molecule has 16 heavy (non-hydrogen) atoms. The Hall–Kier alpha value is -1.48. The van der Waals surface area contributed by atoms with E-state index < -0.39 is 0 Å². The predicted octanol–water partition coefficient (Wildman–Crippen LogP) is 4.05. The molecule has 2 aromatic carbocycles. The van der Waals surface area contributed by atoms with Gasteiger partial charge in [-0.1, -0.05) is 28.1 Å². The highest BCUT2D eigenvalue weighted by atomic mass is 79.9. The summed E-state index contributed by atoms with van der Waals surface area (Å²) in [6, 6.07) is 16.1. The molecule has 0 unspecified atom stereocenters. The average Bonchev–Trinajstić information content (AvgIpc) is 2.33. The second kappa shape index (κ2) is 5.03. The van der Waals surface area contributed by atoms with Gasteiger partial charge in [-0.05, 0) is 30.3 Å². The van der Waals surface area contributed by atoms with Crippen molar-refractivity contribution in [3.05, 3.63) is 53.0 Å². The fourth-order valence-electron chi connectivity index (χ4n) is 1.28. The summed E-state index contributed by atoms with van der Waals surface area (Å²) in [4.78, 5) is 0. The molecule has 0 heterocycles. The average molecular weight is 278 g/mol. The molecule has 81 valence electrons. The van der Waals surface area contributed by atoms with Crippen LogP contribution in [0.15, 0.2) is 46.9 Å². The standard InChI is InChI=1S/C13H10BrO2/c1-15-12-4-2-3-5-13(12)16-11-8-6-10(14)7-9-11/h2-3,5-9H,1H3. The second-order valence-electron chi connectivity index (χ2n) is 3.12. The number of rotatable bonds is 3. The van der Waals surface area contributed by atoms with E-state index in [1.165, 1.54) is 0 Å². The van der Waals surface area contributed by atoms with E-state index in [1.54, 1.807) is 13.2 Å². The molecule has 3 heteroatoms. The maximum absolute atomic E-state index is 5.68. The van der Waals surface area contributed by atoms with Crippen LogP contribution >= 0.6 is 15.9 Å². The number of para-hydroxylation sites is 1. The van der Waals surface area contributed by atoms with Crippen molar-refractivity contribution in [3.63, 3.8) is 0 Å². The Balaban J connectivity index is 2.23. The highest BCUT2D eigenvalue weighted by molar-refractivity contribution is 9.10. The second-order valence-corrected chi connectivity index (χ2v) is 4.04. The fraction of sp³-hybridized carbons (Fsp3) is 0.0769. The van der Waals surface area contributed by atoms with E-state index in [2.05, 4.69) is 22.0 Å². The van der Waals surface area contributed by atoms with Crippen molar-refractivity contribution in [1.82, 2.24) is 0 Å². The van der Waals surface area contributed by atoms with Crippen molar-refractivity contribution >= 4 is 15.9 Å². The maximum Gasteiger partial charge on any atom is 0.169 e. The first kappa shape index (κ1) is 11.0. The normalized spacial score (nSPS) is 9.88. The maximum atomic E-state index is 5.68. The van der Waals surface area contributed by atoms with Gasteiger partial charge in [-0.15, -0.1) is 0 Å². The number of benzene rings is 2. The van der Waals surface area contributed by atoms with Crippen LogP contribution in [0.3, 0.4) is 0 Å². The van der Waals surface area contributed by atoms with Gasteiger partial charge in [0, 0.05) is 10.5 Å². The van der Waals surface area contributed by atoms with Gasteiger partial charge in [0.1, 0.15) is 5.75 Å². The van der Waals surface area contributed by atoms with Gasteiger partial charge in [-0.2, -0.15) is 0 Å². The minimum atomic E-state index is 0.602.